The molecule has 2 unspecified atom stereocenters. The van der Waals surface area contributed by atoms with Crippen molar-refractivity contribution in [1.82, 2.24) is 24.3 Å². The van der Waals surface area contributed by atoms with Gasteiger partial charge in [-0.1, -0.05) is 0 Å². The Morgan fingerprint density at radius 1 is 1.33 bits per heavy atom. The van der Waals surface area contributed by atoms with E-state index in [-0.39, 0.29) is 11.9 Å². The van der Waals surface area contributed by atoms with Gasteiger partial charge < -0.3 is 9.64 Å². The van der Waals surface area contributed by atoms with E-state index in [0.717, 1.165) is 52.9 Å². The van der Waals surface area contributed by atoms with Gasteiger partial charge in [-0.15, -0.1) is 4.68 Å². The highest BCUT2D eigenvalue weighted by Crippen LogP contribution is 2.36. The summed E-state index contributed by atoms with van der Waals surface area (Å²) in [6, 6.07) is 6.97. The maximum Gasteiger partial charge on any atom is 0.325 e. The molecule has 2 aromatic heterocycles. The third kappa shape index (κ3) is 4.49. The standard InChI is InChI=1S/C24H29FN6OS/c1-15-19-10-18(25)11-20(17-5-7-26-23(9-17)32-4)21(19)12-22-27-24(28-31(15)22)33-30-8-6-16(14-30)13-29(2)3/h5,7,9-11,15-16H,6,8,12-14H2,1-4H3/p+1. The molecular formula is C24H30FN6OS+. The van der Waals surface area contributed by atoms with Crippen molar-refractivity contribution in [2.24, 2.45) is 5.92 Å². The van der Waals surface area contributed by atoms with Crippen LogP contribution in [0.25, 0.3) is 11.1 Å². The van der Waals surface area contributed by atoms with Crippen molar-refractivity contribution in [2.75, 3.05) is 40.8 Å². The summed E-state index contributed by atoms with van der Waals surface area (Å²) in [7, 11) is 5.85. The molecule has 9 heteroatoms. The van der Waals surface area contributed by atoms with E-state index in [4.69, 9.17) is 9.72 Å². The molecule has 0 saturated carbocycles. The van der Waals surface area contributed by atoms with E-state index in [1.54, 1.807) is 37.4 Å². The first-order chi connectivity index (χ1) is 15.9. The number of H-pyrrole nitrogens is 1. The molecule has 2 aliphatic heterocycles. The second-order valence-corrected chi connectivity index (χ2v) is 10.3. The first-order valence-corrected chi connectivity index (χ1v) is 12.1. The summed E-state index contributed by atoms with van der Waals surface area (Å²) < 4.78 is 24.4. The number of halogens is 1. The van der Waals surface area contributed by atoms with E-state index in [2.05, 4.69) is 45.0 Å². The Balaban J connectivity index is 1.42. The van der Waals surface area contributed by atoms with Crippen molar-refractivity contribution in [3.05, 3.63) is 53.2 Å². The van der Waals surface area contributed by atoms with Crippen LogP contribution in [0, 0.1) is 11.7 Å². The van der Waals surface area contributed by atoms with Crippen LogP contribution in [-0.2, 0) is 6.42 Å². The van der Waals surface area contributed by atoms with Crippen LogP contribution in [0.2, 0.25) is 0 Å². The van der Waals surface area contributed by atoms with E-state index >= 15 is 0 Å². The molecule has 1 N–H and O–H groups in total. The number of aromatic nitrogens is 4. The van der Waals surface area contributed by atoms with E-state index in [0.29, 0.717) is 18.2 Å². The molecule has 1 fully saturated rings. The minimum atomic E-state index is -0.242. The van der Waals surface area contributed by atoms with Crippen LogP contribution in [0.5, 0.6) is 5.88 Å². The number of ether oxygens (including phenoxy) is 1. The fourth-order valence-electron chi connectivity index (χ4n) is 4.99. The van der Waals surface area contributed by atoms with Crippen molar-refractivity contribution in [3.8, 4) is 17.0 Å². The number of nitrogens with one attached hydrogen (secondary N) is 1. The molecule has 3 aromatic rings. The van der Waals surface area contributed by atoms with Crippen molar-refractivity contribution in [3.63, 3.8) is 0 Å². The Morgan fingerprint density at radius 2 is 2.18 bits per heavy atom. The summed E-state index contributed by atoms with van der Waals surface area (Å²) >= 11 is 1.69. The Labute approximate surface area is 198 Å². The van der Waals surface area contributed by atoms with Crippen molar-refractivity contribution in [2.45, 2.75) is 31.0 Å². The van der Waals surface area contributed by atoms with Gasteiger partial charge in [-0.3, -0.25) is 0 Å². The van der Waals surface area contributed by atoms with Gasteiger partial charge in [0.15, 0.2) is 0 Å². The predicted octanol–water partition coefficient (Wildman–Crippen LogP) is 3.31. The lowest BCUT2D eigenvalue weighted by Gasteiger charge is -2.21. The average molecular weight is 470 g/mol. The minimum Gasteiger partial charge on any atom is -0.481 e. The average Bonchev–Trinajstić information content (AvgIpc) is 3.40. The highest BCUT2D eigenvalue weighted by atomic mass is 32.2. The highest BCUT2D eigenvalue weighted by molar-refractivity contribution is 7.96. The Kier molecular flexibility index (Phi) is 6.11. The van der Waals surface area contributed by atoms with Crippen molar-refractivity contribution in [1.29, 1.82) is 0 Å². The van der Waals surface area contributed by atoms with Crippen LogP contribution in [0.4, 0.5) is 4.39 Å². The van der Waals surface area contributed by atoms with Crippen LogP contribution < -0.4 is 9.42 Å². The molecule has 0 bridgehead atoms. The summed E-state index contributed by atoms with van der Waals surface area (Å²) in [6.07, 6.45) is 3.54. The van der Waals surface area contributed by atoms with Crippen LogP contribution in [-0.4, -0.2) is 65.1 Å². The molecule has 2 aliphatic rings. The van der Waals surface area contributed by atoms with Crippen LogP contribution in [0.3, 0.4) is 0 Å². The Morgan fingerprint density at radius 3 is 2.97 bits per heavy atom. The summed E-state index contributed by atoms with van der Waals surface area (Å²) in [5.74, 6) is 1.93. The van der Waals surface area contributed by atoms with Gasteiger partial charge in [0.1, 0.15) is 11.9 Å². The Bertz CT molecular complexity index is 1170. The topological polar surface area (TPSA) is 61.2 Å². The largest absolute Gasteiger partial charge is 0.481 e. The summed E-state index contributed by atoms with van der Waals surface area (Å²) in [6.45, 7) is 5.33. The molecule has 0 spiro atoms. The van der Waals surface area contributed by atoms with E-state index in [9.17, 15) is 4.39 Å². The third-order valence-electron chi connectivity index (χ3n) is 6.49. The summed E-state index contributed by atoms with van der Waals surface area (Å²) in [5.41, 5.74) is 3.84. The number of aromatic amines is 1. The van der Waals surface area contributed by atoms with Gasteiger partial charge in [0.05, 0.1) is 13.5 Å². The van der Waals surface area contributed by atoms with Gasteiger partial charge in [-0.2, -0.15) is 5.10 Å². The molecule has 2 atom stereocenters. The molecule has 1 aromatic carbocycles. The second-order valence-electron chi connectivity index (χ2n) is 9.17. The lowest BCUT2D eigenvalue weighted by Crippen LogP contribution is -2.47. The molecule has 174 valence electrons. The number of rotatable bonds is 6. The molecular weight excluding hydrogens is 439 g/mol. The normalized spacial score (nSPS) is 20.2. The van der Waals surface area contributed by atoms with E-state index < -0.39 is 0 Å². The number of hydrogen-bond acceptors (Lipinski definition) is 6. The van der Waals surface area contributed by atoms with Gasteiger partial charge in [0.2, 0.25) is 5.88 Å². The fraction of sp³-hybridized carbons (Fsp3) is 0.458. The van der Waals surface area contributed by atoms with E-state index in [1.165, 1.54) is 6.42 Å². The SMILES string of the molecule is COc1cc(-c2cc(F)cc3c2Cc2nc(SN4CCC(CN(C)C)C4)[nH][n+]2C3C)ccn1. The van der Waals surface area contributed by atoms with Gasteiger partial charge in [0, 0.05) is 49.4 Å². The maximum atomic E-state index is 14.7. The molecule has 0 amide bonds. The van der Waals surface area contributed by atoms with Crippen molar-refractivity contribution >= 4 is 11.9 Å². The van der Waals surface area contributed by atoms with Gasteiger partial charge >= 0.3 is 11.0 Å². The zero-order valence-electron chi connectivity index (χ0n) is 19.5. The highest BCUT2D eigenvalue weighted by Gasteiger charge is 2.35. The third-order valence-corrected chi connectivity index (χ3v) is 7.43. The zero-order valence-corrected chi connectivity index (χ0v) is 20.3. The minimum absolute atomic E-state index is 0.0381. The number of pyridine rings is 1. The predicted molar refractivity (Wildman–Crippen MR) is 126 cm³/mol. The Hall–Kier alpha value is -2.49. The lowest BCUT2D eigenvalue weighted by molar-refractivity contribution is -0.773. The monoisotopic (exact) mass is 469 g/mol. The molecule has 7 nitrogen and oxygen atoms in total. The summed E-state index contributed by atoms with van der Waals surface area (Å²) in [4.78, 5) is 11.4. The molecule has 33 heavy (non-hydrogen) atoms. The fourth-order valence-corrected chi connectivity index (χ4v) is 6.00. The van der Waals surface area contributed by atoms with Crippen molar-refractivity contribution < 1.29 is 13.8 Å². The smallest absolute Gasteiger partial charge is 0.325 e. The molecule has 4 heterocycles. The zero-order chi connectivity index (χ0) is 23.1. The van der Waals surface area contributed by atoms with Crippen LogP contribution in [0.15, 0.2) is 35.6 Å². The number of nitrogens with zero attached hydrogens (tertiary/aromatic N) is 5. The molecule has 1 saturated heterocycles. The van der Waals surface area contributed by atoms with Crippen LogP contribution >= 0.6 is 11.9 Å². The maximum absolute atomic E-state index is 14.7. The number of fused-ring (bicyclic) bond motifs is 2. The number of benzene rings is 1. The first-order valence-electron chi connectivity index (χ1n) is 11.3. The van der Waals surface area contributed by atoms with Gasteiger partial charge in [0.25, 0.3) is 0 Å². The van der Waals surface area contributed by atoms with E-state index in [1.807, 2.05) is 12.1 Å². The molecule has 0 aliphatic carbocycles. The van der Waals surface area contributed by atoms with Gasteiger partial charge in [-0.05, 0) is 73.2 Å². The molecule has 5 rings (SSSR count). The molecule has 0 radical (unpaired) electrons. The quantitative estimate of drug-likeness (QED) is 0.442. The first kappa shape index (κ1) is 22.3. The summed E-state index contributed by atoms with van der Waals surface area (Å²) in [5, 5.41) is 4.36. The second kappa shape index (κ2) is 9.04. The van der Waals surface area contributed by atoms with Gasteiger partial charge in [-0.25, -0.2) is 13.7 Å². The van der Waals surface area contributed by atoms with Crippen LogP contribution in [0.1, 0.15) is 36.3 Å². The number of hydrogen-bond donors (Lipinski definition) is 1. The lowest BCUT2D eigenvalue weighted by atomic mass is 9.88. The number of methoxy groups -OCH3 is 1.